The molecule has 0 aliphatic carbocycles. The van der Waals surface area contributed by atoms with Crippen LogP contribution < -0.4 is 0 Å². The van der Waals surface area contributed by atoms with Crippen molar-refractivity contribution >= 4 is 31.3 Å². The molecule has 0 saturated heterocycles. The first-order valence-corrected chi connectivity index (χ1v) is 7.87. The van der Waals surface area contributed by atoms with Gasteiger partial charge in [-0.3, -0.25) is 0 Å². The van der Waals surface area contributed by atoms with Gasteiger partial charge >= 0.3 is 0 Å². The molecule has 92 valence electrons. The molecule has 2 aromatic rings. The fourth-order valence-corrected chi connectivity index (χ4v) is 3.65. The van der Waals surface area contributed by atoms with Gasteiger partial charge < -0.3 is 0 Å². The Balaban J connectivity index is 2.45. The molecule has 0 atom stereocenters. The first-order chi connectivity index (χ1) is 7.90. The first-order valence-electron chi connectivity index (χ1n) is 5.27. The van der Waals surface area contributed by atoms with E-state index in [1.54, 1.807) is 25.3 Å². The number of thiophene rings is 1. The van der Waals surface area contributed by atoms with Crippen LogP contribution in [0, 0.1) is 5.82 Å². The van der Waals surface area contributed by atoms with Gasteiger partial charge in [-0.05, 0) is 42.3 Å². The highest BCUT2D eigenvalue weighted by atomic mass is 32.2. The van der Waals surface area contributed by atoms with Crippen LogP contribution in [0.4, 0.5) is 4.39 Å². The van der Waals surface area contributed by atoms with Crippen molar-refractivity contribution in [2.75, 3.05) is 0 Å². The summed E-state index contributed by atoms with van der Waals surface area (Å²) in [4.78, 5) is 0. The summed E-state index contributed by atoms with van der Waals surface area (Å²) in [7, 11) is -3.11. The number of hydrogen-bond acceptors (Lipinski definition) is 3. The highest BCUT2D eigenvalue weighted by molar-refractivity contribution is 7.91. The summed E-state index contributed by atoms with van der Waals surface area (Å²) < 4.78 is 37.5. The highest BCUT2D eigenvalue weighted by Crippen LogP contribution is 2.28. The van der Waals surface area contributed by atoms with Gasteiger partial charge in [0.15, 0.2) is 9.84 Å². The first kappa shape index (κ1) is 12.5. The minimum atomic E-state index is -3.11. The Bertz CT molecular complexity index is 642. The zero-order valence-corrected chi connectivity index (χ0v) is 11.2. The minimum Gasteiger partial charge on any atom is -0.228 e. The van der Waals surface area contributed by atoms with Crippen molar-refractivity contribution in [3.05, 3.63) is 35.0 Å². The quantitative estimate of drug-likeness (QED) is 0.858. The number of benzene rings is 1. The Morgan fingerprint density at radius 3 is 2.71 bits per heavy atom. The summed E-state index contributed by atoms with van der Waals surface area (Å²) in [6.07, 6.45) is 0. The molecule has 2 nitrogen and oxygen atoms in total. The molecule has 0 saturated carbocycles. The lowest BCUT2D eigenvalue weighted by Gasteiger charge is -2.06. The average Bonchev–Trinajstić information content (AvgIpc) is 2.60. The topological polar surface area (TPSA) is 34.1 Å². The Labute approximate surface area is 104 Å². The van der Waals surface area contributed by atoms with E-state index in [0.717, 1.165) is 15.6 Å². The van der Waals surface area contributed by atoms with E-state index in [1.807, 2.05) is 0 Å². The Hall–Kier alpha value is -0.940. The van der Waals surface area contributed by atoms with E-state index in [-0.39, 0.29) is 11.6 Å². The fraction of sp³-hybridized carbons (Fsp3) is 0.333. The second-order valence-corrected chi connectivity index (χ2v) is 7.73. The zero-order chi connectivity index (χ0) is 12.6. The Morgan fingerprint density at radius 2 is 2.06 bits per heavy atom. The highest BCUT2D eigenvalue weighted by Gasteiger charge is 2.18. The third-order valence-corrected chi connectivity index (χ3v) is 5.84. The van der Waals surface area contributed by atoms with Gasteiger partial charge in [0.1, 0.15) is 5.82 Å². The molecule has 0 N–H and O–H groups in total. The van der Waals surface area contributed by atoms with Crippen LogP contribution in [-0.2, 0) is 15.6 Å². The molecule has 5 heteroatoms. The van der Waals surface area contributed by atoms with Crippen molar-refractivity contribution < 1.29 is 12.8 Å². The maximum absolute atomic E-state index is 13.0. The van der Waals surface area contributed by atoms with Crippen LogP contribution in [0.3, 0.4) is 0 Å². The van der Waals surface area contributed by atoms with Gasteiger partial charge in [-0.25, -0.2) is 12.8 Å². The van der Waals surface area contributed by atoms with E-state index in [1.165, 1.54) is 23.5 Å². The Kier molecular flexibility index (Phi) is 3.23. The molecule has 0 aliphatic heterocycles. The smallest absolute Gasteiger partial charge is 0.156 e. The predicted molar refractivity (Wildman–Crippen MR) is 69.5 cm³/mol. The van der Waals surface area contributed by atoms with Crippen LogP contribution >= 0.6 is 11.3 Å². The SMILES string of the molecule is CC(C)S(=O)(=O)Cc1csc2cc(F)ccc12. The van der Waals surface area contributed by atoms with Crippen molar-refractivity contribution in [1.82, 2.24) is 0 Å². The largest absolute Gasteiger partial charge is 0.228 e. The molecule has 2 rings (SSSR count). The molecule has 0 fully saturated rings. The van der Waals surface area contributed by atoms with Crippen LogP contribution in [0.2, 0.25) is 0 Å². The van der Waals surface area contributed by atoms with Crippen LogP contribution in [0.1, 0.15) is 19.4 Å². The summed E-state index contributed by atoms with van der Waals surface area (Å²) in [6.45, 7) is 3.34. The van der Waals surface area contributed by atoms with Crippen molar-refractivity contribution in [3.8, 4) is 0 Å². The lowest BCUT2D eigenvalue weighted by Crippen LogP contribution is -2.15. The van der Waals surface area contributed by atoms with Crippen molar-refractivity contribution in [1.29, 1.82) is 0 Å². The molecule has 0 amide bonds. The number of halogens is 1. The number of hydrogen-bond donors (Lipinski definition) is 0. The number of sulfone groups is 1. The third kappa shape index (κ3) is 2.50. The molecule has 1 aromatic carbocycles. The van der Waals surface area contributed by atoms with Gasteiger partial charge in [0, 0.05) is 4.70 Å². The van der Waals surface area contributed by atoms with Crippen LogP contribution in [-0.4, -0.2) is 13.7 Å². The van der Waals surface area contributed by atoms with Crippen molar-refractivity contribution in [2.24, 2.45) is 0 Å². The van der Waals surface area contributed by atoms with Crippen LogP contribution in [0.25, 0.3) is 10.1 Å². The summed E-state index contributed by atoms with van der Waals surface area (Å²) in [5, 5.41) is 2.24. The van der Waals surface area contributed by atoms with Crippen LogP contribution in [0.15, 0.2) is 23.6 Å². The molecular weight excluding hydrogens is 259 g/mol. The molecule has 0 unspecified atom stereocenters. The summed E-state index contributed by atoms with van der Waals surface area (Å²) in [6, 6.07) is 4.44. The lowest BCUT2D eigenvalue weighted by molar-refractivity contribution is 0.587. The normalized spacial score (nSPS) is 12.5. The second kappa shape index (κ2) is 4.38. The van der Waals surface area contributed by atoms with E-state index in [9.17, 15) is 12.8 Å². The van der Waals surface area contributed by atoms with E-state index in [4.69, 9.17) is 0 Å². The molecular formula is C12H13FO2S2. The zero-order valence-electron chi connectivity index (χ0n) is 9.60. The molecule has 0 radical (unpaired) electrons. The maximum Gasteiger partial charge on any atom is 0.156 e. The minimum absolute atomic E-state index is 0.0241. The predicted octanol–water partition coefficient (Wildman–Crippen LogP) is 3.36. The van der Waals surface area contributed by atoms with Gasteiger partial charge in [-0.2, -0.15) is 0 Å². The van der Waals surface area contributed by atoms with Crippen LogP contribution in [0.5, 0.6) is 0 Å². The second-order valence-electron chi connectivity index (χ2n) is 4.26. The fourth-order valence-electron chi connectivity index (χ4n) is 1.55. The van der Waals surface area contributed by atoms with E-state index in [2.05, 4.69) is 0 Å². The van der Waals surface area contributed by atoms with Gasteiger partial charge in [-0.15, -0.1) is 11.3 Å². The van der Waals surface area contributed by atoms with Crippen molar-refractivity contribution in [2.45, 2.75) is 24.9 Å². The molecule has 0 spiro atoms. The molecule has 1 aromatic heterocycles. The standard InChI is InChI=1S/C12H13FO2S2/c1-8(2)17(14,15)7-9-6-16-12-5-10(13)3-4-11(9)12/h3-6,8H,7H2,1-2H3. The third-order valence-electron chi connectivity index (χ3n) is 2.69. The maximum atomic E-state index is 13.0. The van der Waals surface area contributed by atoms with Gasteiger partial charge in [0.25, 0.3) is 0 Å². The molecule has 1 heterocycles. The average molecular weight is 272 g/mol. The molecule has 0 bridgehead atoms. The molecule has 17 heavy (non-hydrogen) atoms. The number of fused-ring (bicyclic) bond motifs is 1. The summed E-state index contributed by atoms with van der Waals surface area (Å²) in [5.41, 5.74) is 0.763. The van der Waals surface area contributed by atoms with Gasteiger partial charge in [0.2, 0.25) is 0 Å². The van der Waals surface area contributed by atoms with Crippen molar-refractivity contribution in [3.63, 3.8) is 0 Å². The van der Waals surface area contributed by atoms with Gasteiger partial charge in [-0.1, -0.05) is 6.07 Å². The lowest BCUT2D eigenvalue weighted by atomic mass is 10.2. The van der Waals surface area contributed by atoms with E-state index >= 15 is 0 Å². The number of rotatable bonds is 3. The Morgan fingerprint density at radius 1 is 1.35 bits per heavy atom. The molecule has 0 aliphatic rings. The van der Waals surface area contributed by atoms with E-state index < -0.39 is 15.1 Å². The summed E-state index contributed by atoms with van der Waals surface area (Å²) in [5.74, 6) is -0.270. The monoisotopic (exact) mass is 272 g/mol. The van der Waals surface area contributed by atoms with E-state index in [0.29, 0.717) is 0 Å². The van der Waals surface area contributed by atoms with Gasteiger partial charge in [0.05, 0.1) is 11.0 Å². The summed E-state index contributed by atoms with van der Waals surface area (Å²) >= 11 is 1.38.